The Balaban J connectivity index is 2.51. The van der Waals surface area contributed by atoms with Crippen molar-refractivity contribution < 1.29 is 19.5 Å². The van der Waals surface area contributed by atoms with Gasteiger partial charge in [-0.05, 0) is 38.5 Å². The predicted octanol–water partition coefficient (Wildman–Crippen LogP) is 1.47. The first-order chi connectivity index (χ1) is 9.72. The number of nitrogens with zero attached hydrogens (tertiary/aromatic N) is 1. The number of nitrogens with one attached hydrogen (secondary N) is 2. The maximum absolute atomic E-state index is 11.7. The monoisotopic (exact) mass is 293 g/mol. The molecule has 0 radical (unpaired) electrons. The standard InChI is InChI=1S/C14H19N3O4/c1-9(10-4-6-15-7-5-10)16-13(21)17-11(18)8-14(2,3)12(19)20/h4-7,9H,8H2,1-3H3,(H,19,20)(H2,16,17,18,21). The summed E-state index contributed by atoms with van der Waals surface area (Å²) in [5.74, 6) is -1.73. The quantitative estimate of drug-likeness (QED) is 0.761. The maximum atomic E-state index is 11.7. The van der Waals surface area contributed by atoms with Crippen molar-refractivity contribution in [2.45, 2.75) is 33.2 Å². The average Bonchev–Trinajstić information content (AvgIpc) is 2.38. The van der Waals surface area contributed by atoms with E-state index in [1.807, 2.05) is 0 Å². The predicted molar refractivity (Wildman–Crippen MR) is 75.4 cm³/mol. The van der Waals surface area contributed by atoms with Gasteiger partial charge >= 0.3 is 12.0 Å². The SMILES string of the molecule is CC(NC(=O)NC(=O)CC(C)(C)C(=O)O)c1ccncc1. The topological polar surface area (TPSA) is 108 Å². The molecule has 1 heterocycles. The summed E-state index contributed by atoms with van der Waals surface area (Å²) < 4.78 is 0. The molecule has 114 valence electrons. The molecule has 0 aliphatic rings. The zero-order valence-corrected chi connectivity index (χ0v) is 12.2. The summed E-state index contributed by atoms with van der Waals surface area (Å²) >= 11 is 0. The first-order valence-electron chi connectivity index (χ1n) is 6.46. The molecule has 7 nitrogen and oxygen atoms in total. The second kappa shape index (κ2) is 6.83. The summed E-state index contributed by atoms with van der Waals surface area (Å²) in [6.45, 7) is 4.61. The second-order valence-electron chi connectivity index (χ2n) is 5.39. The summed E-state index contributed by atoms with van der Waals surface area (Å²) in [5, 5.41) is 13.7. The number of amides is 3. The Bertz CT molecular complexity index is 528. The molecule has 1 unspecified atom stereocenters. The van der Waals surface area contributed by atoms with Gasteiger partial charge < -0.3 is 10.4 Å². The lowest BCUT2D eigenvalue weighted by Gasteiger charge is -2.19. The van der Waals surface area contributed by atoms with Gasteiger partial charge in [0.15, 0.2) is 0 Å². The van der Waals surface area contributed by atoms with Gasteiger partial charge in [-0.3, -0.25) is 19.9 Å². The zero-order chi connectivity index (χ0) is 16.0. The highest BCUT2D eigenvalue weighted by Gasteiger charge is 2.30. The highest BCUT2D eigenvalue weighted by molar-refractivity contribution is 5.96. The molecule has 0 saturated carbocycles. The van der Waals surface area contributed by atoms with Crippen LogP contribution >= 0.6 is 0 Å². The van der Waals surface area contributed by atoms with Crippen LogP contribution in [0.4, 0.5) is 4.79 Å². The van der Waals surface area contributed by atoms with Gasteiger partial charge in [0, 0.05) is 18.8 Å². The molecule has 3 N–H and O–H groups in total. The van der Waals surface area contributed by atoms with E-state index in [4.69, 9.17) is 5.11 Å². The van der Waals surface area contributed by atoms with Crippen LogP contribution in [0.2, 0.25) is 0 Å². The fourth-order valence-electron chi connectivity index (χ4n) is 1.62. The second-order valence-corrected chi connectivity index (χ2v) is 5.39. The number of rotatable bonds is 5. The van der Waals surface area contributed by atoms with Crippen molar-refractivity contribution in [2.24, 2.45) is 5.41 Å². The third-order valence-corrected chi connectivity index (χ3v) is 2.99. The third-order valence-electron chi connectivity index (χ3n) is 2.99. The molecule has 7 heteroatoms. The number of carboxylic acid groups (broad SMARTS) is 1. The van der Waals surface area contributed by atoms with Crippen molar-refractivity contribution >= 4 is 17.9 Å². The molecule has 1 rings (SSSR count). The van der Waals surface area contributed by atoms with Gasteiger partial charge in [0.05, 0.1) is 11.5 Å². The Kier molecular flexibility index (Phi) is 5.40. The van der Waals surface area contributed by atoms with Crippen molar-refractivity contribution in [1.82, 2.24) is 15.6 Å². The molecular weight excluding hydrogens is 274 g/mol. The first-order valence-corrected chi connectivity index (χ1v) is 6.46. The molecule has 0 bridgehead atoms. The number of aliphatic carboxylic acids is 1. The molecule has 0 saturated heterocycles. The Labute approximate surface area is 122 Å². The minimum Gasteiger partial charge on any atom is -0.481 e. The number of hydrogen-bond acceptors (Lipinski definition) is 4. The smallest absolute Gasteiger partial charge is 0.321 e. The van der Waals surface area contributed by atoms with Crippen LogP contribution in [0.1, 0.15) is 38.8 Å². The van der Waals surface area contributed by atoms with Crippen molar-refractivity contribution in [2.75, 3.05) is 0 Å². The largest absolute Gasteiger partial charge is 0.481 e. The summed E-state index contributed by atoms with van der Waals surface area (Å²) in [7, 11) is 0. The van der Waals surface area contributed by atoms with Gasteiger partial charge in [0.2, 0.25) is 5.91 Å². The molecular formula is C14H19N3O4. The minimum atomic E-state index is -1.22. The fraction of sp³-hybridized carbons (Fsp3) is 0.429. The molecule has 1 atom stereocenters. The number of carboxylic acids is 1. The van der Waals surface area contributed by atoms with Crippen LogP contribution in [-0.2, 0) is 9.59 Å². The first kappa shape index (κ1) is 16.6. The third kappa shape index (κ3) is 5.21. The van der Waals surface area contributed by atoms with E-state index in [0.29, 0.717) is 0 Å². The van der Waals surface area contributed by atoms with Crippen LogP contribution in [0.15, 0.2) is 24.5 Å². The van der Waals surface area contributed by atoms with Crippen LogP contribution in [0.5, 0.6) is 0 Å². The van der Waals surface area contributed by atoms with Crippen LogP contribution in [-0.4, -0.2) is 28.0 Å². The lowest BCUT2D eigenvalue weighted by atomic mass is 9.89. The van der Waals surface area contributed by atoms with E-state index < -0.39 is 23.3 Å². The Morgan fingerprint density at radius 3 is 2.38 bits per heavy atom. The highest BCUT2D eigenvalue weighted by atomic mass is 16.4. The molecule has 0 fully saturated rings. The van der Waals surface area contributed by atoms with E-state index >= 15 is 0 Å². The van der Waals surface area contributed by atoms with E-state index in [2.05, 4.69) is 15.6 Å². The highest BCUT2D eigenvalue weighted by Crippen LogP contribution is 2.20. The normalized spacial score (nSPS) is 12.3. The lowest BCUT2D eigenvalue weighted by Crippen LogP contribution is -2.42. The number of carbonyl (C=O) groups excluding carboxylic acids is 2. The van der Waals surface area contributed by atoms with Crippen LogP contribution in [0.25, 0.3) is 0 Å². The summed E-state index contributed by atoms with van der Waals surface area (Å²) in [6.07, 6.45) is 2.93. The number of pyridine rings is 1. The van der Waals surface area contributed by atoms with Gasteiger partial charge in [-0.25, -0.2) is 4.79 Å². The molecule has 0 spiro atoms. The number of urea groups is 1. The van der Waals surface area contributed by atoms with E-state index in [-0.39, 0.29) is 12.5 Å². The number of carbonyl (C=O) groups is 3. The van der Waals surface area contributed by atoms with Crippen molar-refractivity contribution in [3.63, 3.8) is 0 Å². The summed E-state index contributed by atoms with van der Waals surface area (Å²) in [4.78, 5) is 38.1. The zero-order valence-electron chi connectivity index (χ0n) is 12.2. The number of aromatic nitrogens is 1. The maximum Gasteiger partial charge on any atom is 0.321 e. The Morgan fingerprint density at radius 2 is 1.86 bits per heavy atom. The number of hydrogen-bond donors (Lipinski definition) is 3. The average molecular weight is 293 g/mol. The molecule has 3 amide bonds. The van der Waals surface area contributed by atoms with Gasteiger partial charge in [-0.15, -0.1) is 0 Å². The van der Waals surface area contributed by atoms with Crippen LogP contribution < -0.4 is 10.6 Å². The summed E-state index contributed by atoms with van der Waals surface area (Å²) in [5.41, 5.74) is -0.375. The van der Waals surface area contributed by atoms with Gasteiger partial charge in [0.25, 0.3) is 0 Å². The lowest BCUT2D eigenvalue weighted by molar-refractivity contribution is -0.149. The molecule has 0 aromatic carbocycles. The van der Waals surface area contributed by atoms with E-state index in [1.165, 1.54) is 13.8 Å². The molecule has 1 aromatic rings. The fourth-order valence-corrected chi connectivity index (χ4v) is 1.62. The van der Waals surface area contributed by atoms with Crippen molar-refractivity contribution in [1.29, 1.82) is 0 Å². The van der Waals surface area contributed by atoms with E-state index in [1.54, 1.807) is 31.5 Å². The molecule has 0 aliphatic carbocycles. The Hall–Kier alpha value is -2.44. The molecule has 1 aromatic heterocycles. The van der Waals surface area contributed by atoms with E-state index in [9.17, 15) is 14.4 Å². The van der Waals surface area contributed by atoms with Gasteiger partial charge in [0.1, 0.15) is 0 Å². The van der Waals surface area contributed by atoms with Gasteiger partial charge in [-0.1, -0.05) is 0 Å². The van der Waals surface area contributed by atoms with E-state index in [0.717, 1.165) is 5.56 Å². The van der Waals surface area contributed by atoms with Gasteiger partial charge in [-0.2, -0.15) is 0 Å². The number of imide groups is 1. The van der Waals surface area contributed by atoms with Crippen molar-refractivity contribution in [3.05, 3.63) is 30.1 Å². The summed E-state index contributed by atoms with van der Waals surface area (Å²) in [6, 6.07) is 2.54. The Morgan fingerprint density at radius 1 is 1.29 bits per heavy atom. The minimum absolute atomic E-state index is 0.278. The van der Waals surface area contributed by atoms with Crippen LogP contribution in [0, 0.1) is 5.41 Å². The van der Waals surface area contributed by atoms with Crippen LogP contribution in [0.3, 0.4) is 0 Å². The van der Waals surface area contributed by atoms with Crippen molar-refractivity contribution in [3.8, 4) is 0 Å². The molecule has 21 heavy (non-hydrogen) atoms. The molecule has 0 aliphatic heterocycles.